The lowest BCUT2D eigenvalue weighted by molar-refractivity contribution is -0.123. The number of hydrazone groups is 1. The summed E-state index contributed by atoms with van der Waals surface area (Å²) in [5.74, 6) is -0.445. The fourth-order valence-corrected chi connectivity index (χ4v) is 2.72. The molecular weight excluding hydrogens is 383 g/mol. The molecule has 0 aliphatic carbocycles. The molecule has 0 bridgehead atoms. The van der Waals surface area contributed by atoms with Crippen LogP contribution < -0.4 is 10.2 Å². The topological polar surface area (TPSA) is 68.5 Å². The van der Waals surface area contributed by atoms with Crippen LogP contribution in [0, 0.1) is 19.7 Å². The summed E-state index contributed by atoms with van der Waals surface area (Å²) >= 11 is 6.41. The number of aromatic nitrogens is 2. The largest absolute Gasteiger partial charge is 0.484 e. The summed E-state index contributed by atoms with van der Waals surface area (Å²) in [5.41, 5.74) is 5.59. The van der Waals surface area contributed by atoms with E-state index in [0.29, 0.717) is 22.2 Å². The molecule has 0 atom stereocenters. The highest BCUT2D eigenvalue weighted by atomic mass is 35.5. The van der Waals surface area contributed by atoms with Crippen molar-refractivity contribution in [2.45, 2.75) is 13.8 Å². The van der Waals surface area contributed by atoms with Crippen LogP contribution in [0.3, 0.4) is 0 Å². The Morgan fingerprint density at radius 3 is 2.57 bits per heavy atom. The molecule has 0 saturated carbocycles. The van der Waals surface area contributed by atoms with E-state index >= 15 is 0 Å². The van der Waals surface area contributed by atoms with Crippen molar-refractivity contribution in [3.8, 4) is 11.4 Å². The second kappa shape index (κ2) is 8.67. The molecule has 1 amide bonds. The predicted molar refractivity (Wildman–Crippen MR) is 106 cm³/mol. The van der Waals surface area contributed by atoms with Gasteiger partial charge in [-0.3, -0.25) is 4.79 Å². The van der Waals surface area contributed by atoms with E-state index in [4.69, 9.17) is 16.3 Å². The van der Waals surface area contributed by atoms with Gasteiger partial charge < -0.3 is 4.74 Å². The third kappa shape index (κ3) is 4.75. The second-order valence-electron chi connectivity index (χ2n) is 6.07. The summed E-state index contributed by atoms with van der Waals surface area (Å²) in [5, 5.41) is 8.72. The average molecular weight is 401 g/mol. The van der Waals surface area contributed by atoms with Gasteiger partial charge in [-0.15, -0.1) is 0 Å². The van der Waals surface area contributed by atoms with Gasteiger partial charge in [0.1, 0.15) is 16.7 Å². The van der Waals surface area contributed by atoms with Crippen LogP contribution in [0.15, 0.2) is 53.6 Å². The van der Waals surface area contributed by atoms with Crippen molar-refractivity contribution in [2.24, 2.45) is 5.10 Å². The first kappa shape index (κ1) is 19.6. The Bertz CT molecular complexity index is 998. The first-order valence-corrected chi connectivity index (χ1v) is 8.84. The number of carbonyl (C=O) groups excluding carboxylic acids is 1. The molecule has 2 aromatic carbocycles. The average Bonchev–Trinajstić information content (AvgIpc) is 2.96. The molecule has 6 nitrogen and oxygen atoms in total. The Morgan fingerprint density at radius 1 is 1.21 bits per heavy atom. The predicted octanol–water partition coefficient (Wildman–Crippen LogP) is 3.81. The summed E-state index contributed by atoms with van der Waals surface area (Å²) in [6, 6.07) is 13.2. The molecule has 3 aromatic rings. The molecule has 0 aliphatic heterocycles. The number of rotatable bonds is 6. The molecule has 0 saturated heterocycles. The number of hydrogen-bond acceptors (Lipinski definition) is 4. The highest BCUT2D eigenvalue weighted by molar-refractivity contribution is 6.32. The molecule has 28 heavy (non-hydrogen) atoms. The van der Waals surface area contributed by atoms with E-state index in [1.165, 1.54) is 30.5 Å². The van der Waals surface area contributed by atoms with Gasteiger partial charge in [0.15, 0.2) is 6.61 Å². The minimum Gasteiger partial charge on any atom is -0.484 e. The minimum absolute atomic E-state index is 0.252. The molecule has 8 heteroatoms. The lowest BCUT2D eigenvalue weighted by Gasteiger charge is -2.04. The van der Waals surface area contributed by atoms with Crippen LogP contribution in [-0.4, -0.2) is 28.5 Å². The van der Waals surface area contributed by atoms with Crippen LogP contribution in [0.4, 0.5) is 4.39 Å². The zero-order valence-corrected chi connectivity index (χ0v) is 16.1. The van der Waals surface area contributed by atoms with Crippen LogP contribution in [0.5, 0.6) is 5.75 Å². The van der Waals surface area contributed by atoms with Crippen molar-refractivity contribution in [3.63, 3.8) is 0 Å². The lowest BCUT2D eigenvalue weighted by Crippen LogP contribution is -2.24. The number of nitrogens with zero attached hydrogens (tertiary/aromatic N) is 3. The van der Waals surface area contributed by atoms with Crippen molar-refractivity contribution >= 4 is 23.7 Å². The second-order valence-corrected chi connectivity index (χ2v) is 6.43. The SMILES string of the molecule is Cc1ccc(-n2nc(C)c(/C=N/NC(=O)COc3ccc(F)cc3)c2Cl)cc1. The van der Waals surface area contributed by atoms with E-state index < -0.39 is 5.91 Å². The van der Waals surface area contributed by atoms with E-state index in [2.05, 4.69) is 15.6 Å². The van der Waals surface area contributed by atoms with Gasteiger partial charge in [-0.1, -0.05) is 29.3 Å². The first-order chi connectivity index (χ1) is 13.4. The van der Waals surface area contributed by atoms with Crippen molar-refractivity contribution in [1.82, 2.24) is 15.2 Å². The molecular formula is C20H18ClFN4O2. The molecule has 0 aliphatic rings. The van der Waals surface area contributed by atoms with Crippen LogP contribution >= 0.6 is 11.6 Å². The fraction of sp³-hybridized carbons (Fsp3) is 0.150. The number of carbonyl (C=O) groups is 1. The molecule has 0 spiro atoms. The van der Waals surface area contributed by atoms with Gasteiger partial charge >= 0.3 is 0 Å². The van der Waals surface area contributed by atoms with Crippen molar-refractivity contribution < 1.29 is 13.9 Å². The number of benzene rings is 2. The van der Waals surface area contributed by atoms with Gasteiger partial charge in [0.05, 0.1) is 23.2 Å². The standard InChI is InChI=1S/C20H18ClFN4O2/c1-13-3-7-16(8-4-13)26-20(21)18(14(2)25-26)11-23-24-19(27)12-28-17-9-5-15(22)6-10-17/h3-11H,12H2,1-2H3,(H,24,27)/b23-11+. The maximum absolute atomic E-state index is 12.8. The number of aryl methyl sites for hydroxylation is 2. The zero-order valence-electron chi connectivity index (χ0n) is 15.3. The molecule has 1 N–H and O–H groups in total. The number of ether oxygens (including phenoxy) is 1. The molecule has 0 fully saturated rings. The summed E-state index contributed by atoms with van der Waals surface area (Å²) in [6.45, 7) is 3.55. The van der Waals surface area contributed by atoms with Crippen molar-refractivity contribution in [1.29, 1.82) is 0 Å². The van der Waals surface area contributed by atoms with Crippen molar-refractivity contribution in [3.05, 3.63) is 76.3 Å². The number of amides is 1. The van der Waals surface area contributed by atoms with E-state index in [9.17, 15) is 9.18 Å². The molecule has 1 heterocycles. The van der Waals surface area contributed by atoms with Crippen LogP contribution in [0.25, 0.3) is 5.69 Å². The Morgan fingerprint density at radius 2 is 1.89 bits per heavy atom. The van der Waals surface area contributed by atoms with Gasteiger partial charge in [-0.2, -0.15) is 10.2 Å². The maximum Gasteiger partial charge on any atom is 0.277 e. The van der Waals surface area contributed by atoms with E-state index in [0.717, 1.165) is 11.3 Å². The molecule has 1 aromatic heterocycles. The van der Waals surface area contributed by atoms with Crippen LogP contribution in [0.1, 0.15) is 16.8 Å². The smallest absolute Gasteiger partial charge is 0.277 e. The van der Waals surface area contributed by atoms with Gasteiger partial charge in [0.25, 0.3) is 5.91 Å². The maximum atomic E-state index is 12.8. The molecule has 0 unspecified atom stereocenters. The van der Waals surface area contributed by atoms with Crippen LogP contribution in [0.2, 0.25) is 5.15 Å². The highest BCUT2D eigenvalue weighted by Gasteiger charge is 2.13. The minimum atomic E-state index is -0.458. The van der Waals surface area contributed by atoms with Gasteiger partial charge in [-0.25, -0.2) is 14.5 Å². The summed E-state index contributed by atoms with van der Waals surface area (Å²) in [7, 11) is 0. The van der Waals surface area contributed by atoms with E-state index in [1.807, 2.05) is 31.2 Å². The third-order valence-electron chi connectivity index (χ3n) is 3.89. The monoisotopic (exact) mass is 400 g/mol. The Kier molecular flexibility index (Phi) is 6.06. The Balaban J connectivity index is 1.61. The zero-order chi connectivity index (χ0) is 20.1. The fourth-order valence-electron chi connectivity index (χ4n) is 2.40. The van der Waals surface area contributed by atoms with Crippen LogP contribution in [-0.2, 0) is 4.79 Å². The van der Waals surface area contributed by atoms with Gasteiger partial charge in [-0.05, 0) is 50.2 Å². The molecule has 144 valence electrons. The quantitative estimate of drug-likeness (QED) is 0.505. The number of nitrogens with one attached hydrogen (secondary N) is 1. The van der Waals surface area contributed by atoms with E-state index in [1.54, 1.807) is 11.6 Å². The summed E-state index contributed by atoms with van der Waals surface area (Å²) in [4.78, 5) is 11.8. The van der Waals surface area contributed by atoms with E-state index in [-0.39, 0.29) is 12.4 Å². The highest BCUT2D eigenvalue weighted by Crippen LogP contribution is 2.22. The summed E-state index contributed by atoms with van der Waals surface area (Å²) in [6.07, 6.45) is 1.44. The third-order valence-corrected chi connectivity index (χ3v) is 4.26. The summed E-state index contributed by atoms with van der Waals surface area (Å²) < 4.78 is 19.7. The lowest BCUT2D eigenvalue weighted by atomic mass is 10.2. The number of halogens is 2. The van der Waals surface area contributed by atoms with Crippen molar-refractivity contribution in [2.75, 3.05) is 6.61 Å². The Labute approximate surface area is 166 Å². The Hall–Kier alpha value is -3.19. The first-order valence-electron chi connectivity index (χ1n) is 8.46. The number of hydrogen-bond donors (Lipinski definition) is 1. The molecule has 3 rings (SSSR count). The van der Waals surface area contributed by atoms with Gasteiger partial charge in [0, 0.05) is 0 Å². The van der Waals surface area contributed by atoms with Gasteiger partial charge in [0.2, 0.25) is 0 Å². The molecule has 0 radical (unpaired) electrons. The normalized spacial score (nSPS) is 11.0.